The molecule has 0 spiro atoms. The zero-order valence-corrected chi connectivity index (χ0v) is 8.52. The molecular formula is C11H12O4. The Morgan fingerprint density at radius 2 is 2.07 bits per heavy atom. The highest BCUT2D eigenvalue weighted by molar-refractivity contribution is 5.78. The summed E-state index contributed by atoms with van der Waals surface area (Å²) in [6.07, 6.45) is -2.13. The van der Waals surface area contributed by atoms with E-state index in [1.807, 2.05) is 0 Å². The third-order valence-corrected chi connectivity index (χ3v) is 2.22. The number of benzene rings is 1. The number of carbonyl (C=O) groups excluding carboxylic acids is 1. The molecule has 4 nitrogen and oxygen atoms in total. The Morgan fingerprint density at radius 1 is 1.40 bits per heavy atom. The molecule has 80 valence electrons. The van der Waals surface area contributed by atoms with E-state index in [1.54, 1.807) is 31.4 Å². The van der Waals surface area contributed by atoms with Gasteiger partial charge in [-0.3, -0.25) is 0 Å². The number of esters is 1. The molecule has 0 aliphatic carbocycles. The van der Waals surface area contributed by atoms with Crippen LogP contribution in [0.1, 0.15) is 13.0 Å². The van der Waals surface area contributed by atoms with Crippen molar-refractivity contribution in [1.29, 1.82) is 0 Å². The maximum atomic E-state index is 11.2. The van der Waals surface area contributed by atoms with Crippen molar-refractivity contribution in [3.8, 4) is 5.75 Å². The molecule has 1 fully saturated rings. The van der Waals surface area contributed by atoms with Crippen molar-refractivity contribution in [1.82, 2.24) is 0 Å². The van der Waals surface area contributed by atoms with Crippen molar-refractivity contribution >= 4 is 5.97 Å². The van der Waals surface area contributed by atoms with Gasteiger partial charge in [-0.25, -0.2) is 4.79 Å². The summed E-state index contributed by atoms with van der Waals surface area (Å²) in [5.74, 6) is 0.174. The van der Waals surface area contributed by atoms with Crippen LogP contribution in [0.25, 0.3) is 0 Å². The largest absolute Gasteiger partial charge is 0.497 e. The fourth-order valence-corrected chi connectivity index (χ4v) is 1.33. The fourth-order valence-electron chi connectivity index (χ4n) is 1.33. The smallest absolute Gasteiger partial charge is 0.338 e. The lowest BCUT2D eigenvalue weighted by molar-refractivity contribution is -0.142. The molecule has 0 saturated carbocycles. The Hall–Kier alpha value is -1.55. The first kappa shape index (κ1) is 8.73. The van der Waals surface area contributed by atoms with Crippen molar-refractivity contribution in [2.45, 2.75) is 12.2 Å². The summed E-state index contributed by atoms with van der Waals surface area (Å²) in [7, 11) is 2.84. The van der Waals surface area contributed by atoms with Crippen LogP contribution in [-0.2, 0) is 14.3 Å². The van der Waals surface area contributed by atoms with Gasteiger partial charge in [-0.2, -0.15) is 0 Å². The zero-order chi connectivity index (χ0) is 11.8. The molecule has 0 N–H and O–H groups in total. The van der Waals surface area contributed by atoms with Gasteiger partial charge in [0.15, 0.2) is 6.10 Å². The quantitative estimate of drug-likeness (QED) is 0.556. The first-order valence-corrected chi connectivity index (χ1v) is 4.52. The molecule has 0 bridgehead atoms. The highest BCUT2D eigenvalue weighted by Gasteiger charge is 2.47. The van der Waals surface area contributed by atoms with Crippen LogP contribution < -0.4 is 4.74 Å². The molecular weight excluding hydrogens is 196 g/mol. The van der Waals surface area contributed by atoms with Crippen LogP contribution in [-0.4, -0.2) is 26.3 Å². The van der Waals surface area contributed by atoms with E-state index in [2.05, 4.69) is 4.74 Å². The lowest BCUT2D eigenvalue weighted by Crippen LogP contribution is -2.09. The van der Waals surface area contributed by atoms with Gasteiger partial charge in [0.05, 0.1) is 15.6 Å². The van der Waals surface area contributed by atoms with Gasteiger partial charge in [0.1, 0.15) is 11.8 Å². The highest BCUT2D eigenvalue weighted by atomic mass is 16.6. The normalized spacial score (nSPS) is 29.2. The summed E-state index contributed by atoms with van der Waals surface area (Å²) < 4.78 is 22.5. The molecule has 0 radical (unpaired) electrons. The molecule has 0 aromatic heterocycles. The predicted octanol–water partition coefficient (Wildman–Crippen LogP) is 1.31. The minimum absolute atomic E-state index is 0.522. The molecule has 1 saturated heterocycles. The second-order valence-electron chi connectivity index (χ2n) is 3.11. The number of epoxide rings is 1. The van der Waals surface area contributed by atoms with Crippen LogP contribution >= 0.6 is 0 Å². The Labute approximate surface area is 89.2 Å². The first-order chi connectivity index (χ1) is 7.61. The lowest BCUT2D eigenvalue weighted by atomic mass is 10.1. The second kappa shape index (κ2) is 3.90. The molecule has 1 heterocycles. The standard InChI is InChI=1S/C11H12O4/c1-13-8-5-3-7(4-6-8)9-10(15-9)11(12)14-2/h3-6,9-10H,1-2H3/i9D. The number of hydrogen-bond donors (Lipinski definition) is 0. The van der Waals surface area contributed by atoms with Crippen molar-refractivity contribution < 1.29 is 20.4 Å². The fraction of sp³-hybridized carbons (Fsp3) is 0.364. The van der Waals surface area contributed by atoms with Crippen LogP contribution in [0.5, 0.6) is 5.75 Å². The summed E-state index contributed by atoms with van der Waals surface area (Å²) in [5, 5.41) is 0. The number of hydrogen-bond acceptors (Lipinski definition) is 4. The summed E-state index contributed by atoms with van der Waals surface area (Å²) in [5.41, 5.74) is 0.615. The Balaban J connectivity index is 2.16. The average Bonchev–Trinajstić information content (AvgIpc) is 3.02. The van der Waals surface area contributed by atoms with Gasteiger partial charge in [0.25, 0.3) is 0 Å². The van der Waals surface area contributed by atoms with Gasteiger partial charge in [-0.15, -0.1) is 0 Å². The number of methoxy groups -OCH3 is 2. The molecule has 4 heteroatoms. The first-order valence-electron chi connectivity index (χ1n) is 5.02. The minimum atomic E-state index is -1.31. The van der Waals surface area contributed by atoms with Gasteiger partial charge >= 0.3 is 5.97 Å². The van der Waals surface area contributed by atoms with E-state index in [0.717, 1.165) is 0 Å². The van der Waals surface area contributed by atoms with Crippen LogP contribution in [0.4, 0.5) is 0 Å². The van der Waals surface area contributed by atoms with Crippen molar-refractivity contribution in [3.05, 3.63) is 29.8 Å². The predicted molar refractivity (Wildman–Crippen MR) is 52.6 cm³/mol. The summed E-state index contributed by atoms with van der Waals surface area (Å²) in [4.78, 5) is 11.2. The second-order valence-corrected chi connectivity index (χ2v) is 3.11. The molecule has 15 heavy (non-hydrogen) atoms. The SMILES string of the molecule is [2H]C1(c2ccc(OC)cc2)OC1C(=O)OC. The van der Waals surface area contributed by atoms with E-state index in [9.17, 15) is 4.79 Å². The van der Waals surface area contributed by atoms with Gasteiger partial charge in [-0.05, 0) is 17.7 Å². The lowest BCUT2D eigenvalue weighted by Gasteiger charge is -2.00. The van der Waals surface area contributed by atoms with Gasteiger partial charge in [0, 0.05) is 0 Å². The van der Waals surface area contributed by atoms with Gasteiger partial charge in [0.2, 0.25) is 0 Å². The zero-order valence-electron chi connectivity index (χ0n) is 9.52. The summed E-state index contributed by atoms with van der Waals surface area (Å²) in [6, 6.07) is 6.85. The minimum Gasteiger partial charge on any atom is -0.497 e. The Bertz CT molecular complexity index is 403. The Morgan fingerprint density at radius 3 is 2.60 bits per heavy atom. The van der Waals surface area contributed by atoms with Crippen molar-refractivity contribution in [2.24, 2.45) is 0 Å². The third kappa shape index (κ3) is 1.94. The highest BCUT2D eigenvalue weighted by Crippen LogP contribution is 2.39. The van der Waals surface area contributed by atoms with E-state index >= 15 is 0 Å². The molecule has 2 atom stereocenters. The summed E-state index contributed by atoms with van der Waals surface area (Å²) >= 11 is 0. The molecule has 0 amide bonds. The molecule has 2 unspecified atom stereocenters. The van der Waals surface area contributed by atoms with Crippen LogP contribution in [0.2, 0.25) is 0 Å². The monoisotopic (exact) mass is 209 g/mol. The van der Waals surface area contributed by atoms with Gasteiger partial charge < -0.3 is 14.2 Å². The topological polar surface area (TPSA) is 48.1 Å². The maximum absolute atomic E-state index is 11.2. The van der Waals surface area contributed by atoms with E-state index < -0.39 is 18.2 Å². The molecule has 1 aliphatic heterocycles. The van der Waals surface area contributed by atoms with Crippen LogP contribution in [0, 0.1) is 0 Å². The molecule has 1 aromatic rings. The third-order valence-electron chi connectivity index (χ3n) is 2.22. The maximum Gasteiger partial charge on any atom is 0.338 e. The number of carbonyl (C=O) groups is 1. The van der Waals surface area contributed by atoms with E-state index in [-0.39, 0.29) is 0 Å². The van der Waals surface area contributed by atoms with Crippen molar-refractivity contribution in [2.75, 3.05) is 14.2 Å². The van der Waals surface area contributed by atoms with Crippen molar-refractivity contribution in [3.63, 3.8) is 0 Å². The molecule has 1 aliphatic rings. The van der Waals surface area contributed by atoms with E-state index in [0.29, 0.717) is 11.3 Å². The van der Waals surface area contributed by atoms with E-state index in [4.69, 9.17) is 10.8 Å². The number of ether oxygens (including phenoxy) is 3. The molecule has 2 rings (SSSR count). The van der Waals surface area contributed by atoms with E-state index in [1.165, 1.54) is 7.11 Å². The van der Waals surface area contributed by atoms with Crippen LogP contribution in [0.3, 0.4) is 0 Å². The summed E-state index contributed by atoms with van der Waals surface area (Å²) in [6.45, 7) is 0. The Kier molecular flexibility index (Phi) is 2.27. The van der Waals surface area contributed by atoms with Gasteiger partial charge in [-0.1, -0.05) is 12.1 Å². The average molecular weight is 209 g/mol. The molecule has 1 aromatic carbocycles. The van der Waals surface area contributed by atoms with Crippen LogP contribution in [0.15, 0.2) is 24.3 Å². The number of rotatable bonds is 3.